The van der Waals surface area contributed by atoms with E-state index in [-0.39, 0.29) is 18.2 Å². The zero-order valence-corrected chi connectivity index (χ0v) is 17.9. The maximum absolute atomic E-state index is 12.5. The van der Waals surface area contributed by atoms with Crippen molar-refractivity contribution in [2.75, 3.05) is 5.32 Å². The Labute approximate surface area is 183 Å². The van der Waals surface area contributed by atoms with Crippen molar-refractivity contribution in [1.82, 2.24) is 10.3 Å². The summed E-state index contributed by atoms with van der Waals surface area (Å²) in [7, 11) is 0. The Morgan fingerprint density at radius 3 is 2.59 bits per heavy atom. The van der Waals surface area contributed by atoms with E-state index in [4.69, 9.17) is 23.2 Å². The lowest BCUT2D eigenvalue weighted by molar-refractivity contribution is -0.120. The lowest BCUT2D eigenvalue weighted by Gasteiger charge is -2.17. The molecule has 0 aliphatic heterocycles. The highest BCUT2D eigenvalue weighted by Crippen LogP contribution is 2.29. The number of hydrogen-bond donors (Lipinski definition) is 2. The largest absolute Gasteiger partial charge is 0.349 e. The first kappa shape index (κ1) is 21.3. The number of aromatic nitrogens is 1. The first-order valence-corrected chi connectivity index (χ1v) is 10.5. The second-order valence-electron chi connectivity index (χ2n) is 6.44. The van der Waals surface area contributed by atoms with Gasteiger partial charge in [0.25, 0.3) is 0 Å². The molecule has 0 saturated heterocycles. The monoisotopic (exact) mass is 447 g/mol. The minimum absolute atomic E-state index is 0.110. The van der Waals surface area contributed by atoms with Gasteiger partial charge in [-0.2, -0.15) is 0 Å². The summed E-state index contributed by atoms with van der Waals surface area (Å²) < 4.78 is 0. The predicted molar refractivity (Wildman–Crippen MR) is 118 cm³/mol. The average molecular weight is 448 g/mol. The van der Waals surface area contributed by atoms with Gasteiger partial charge in [0, 0.05) is 24.4 Å². The van der Waals surface area contributed by atoms with Gasteiger partial charge < -0.3 is 10.6 Å². The Bertz CT molecular complexity index is 1010. The molecule has 0 fully saturated rings. The summed E-state index contributed by atoms with van der Waals surface area (Å²) in [5.41, 5.74) is 1.77. The molecule has 0 aliphatic carbocycles. The molecule has 0 radical (unpaired) electrons. The quantitative estimate of drug-likeness (QED) is 0.519. The van der Waals surface area contributed by atoms with Gasteiger partial charge in [0.15, 0.2) is 5.13 Å². The van der Waals surface area contributed by atoms with E-state index in [1.54, 1.807) is 12.3 Å². The molecular weight excluding hydrogens is 429 g/mol. The number of carbonyl (C=O) groups is 2. The minimum Gasteiger partial charge on any atom is -0.349 e. The lowest BCUT2D eigenvalue weighted by atomic mass is 10.0. The normalized spacial score (nSPS) is 11.7. The predicted octanol–water partition coefficient (Wildman–Crippen LogP) is 5.25. The van der Waals surface area contributed by atoms with Crippen LogP contribution < -0.4 is 10.6 Å². The van der Waals surface area contributed by atoms with Gasteiger partial charge in [0.1, 0.15) is 0 Å². The third-order valence-electron chi connectivity index (χ3n) is 4.17. The number of benzene rings is 2. The molecule has 0 aliphatic rings. The number of hydrogen-bond acceptors (Lipinski definition) is 4. The highest BCUT2D eigenvalue weighted by Gasteiger charge is 2.18. The molecule has 3 aromatic rings. The molecule has 2 amide bonds. The van der Waals surface area contributed by atoms with Crippen molar-refractivity contribution in [2.24, 2.45) is 0 Å². The van der Waals surface area contributed by atoms with Gasteiger partial charge in [-0.3, -0.25) is 9.59 Å². The number of nitrogens with zero attached hydrogens (tertiary/aromatic N) is 1. The highest BCUT2D eigenvalue weighted by atomic mass is 35.5. The summed E-state index contributed by atoms with van der Waals surface area (Å²) >= 11 is 13.7. The molecule has 29 heavy (non-hydrogen) atoms. The number of rotatable bonds is 7. The van der Waals surface area contributed by atoms with Crippen LogP contribution in [0, 0.1) is 0 Å². The fraction of sp³-hybridized carbons (Fsp3) is 0.190. The summed E-state index contributed by atoms with van der Waals surface area (Å²) in [5, 5.41) is 7.15. The Kier molecular flexibility index (Phi) is 7.25. The molecule has 0 saturated carbocycles. The maximum Gasteiger partial charge on any atom is 0.228 e. The molecule has 5 nitrogen and oxygen atoms in total. The Hall–Kier alpha value is -2.41. The van der Waals surface area contributed by atoms with Crippen LogP contribution in [0.5, 0.6) is 0 Å². The third kappa shape index (κ3) is 6.03. The van der Waals surface area contributed by atoms with Gasteiger partial charge in [0.05, 0.1) is 22.5 Å². The topological polar surface area (TPSA) is 71.1 Å². The SMILES string of the molecule is CC(=O)NC(CC(=O)Nc1ncc(Cc2cccc(Cl)c2Cl)s1)c1ccccc1. The van der Waals surface area contributed by atoms with Crippen LogP contribution in [0.4, 0.5) is 5.13 Å². The Morgan fingerprint density at radius 1 is 1.10 bits per heavy atom. The number of nitrogens with one attached hydrogen (secondary N) is 2. The Balaban J connectivity index is 1.64. The number of halogens is 2. The van der Waals surface area contributed by atoms with Crippen molar-refractivity contribution < 1.29 is 9.59 Å². The van der Waals surface area contributed by atoms with Crippen LogP contribution in [-0.4, -0.2) is 16.8 Å². The van der Waals surface area contributed by atoms with E-state index in [9.17, 15) is 9.59 Å². The molecule has 1 unspecified atom stereocenters. The summed E-state index contributed by atoms with van der Waals surface area (Å²) in [5.74, 6) is -0.420. The van der Waals surface area contributed by atoms with E-state index in [1.165, 1.54) is 18.3 Å². The van der Waals surface area contributed by atoms with Crippen LogP contribution in [0.3, 0.4) is 0 Å². The van der Waals surface area contributed by atoms with E-state index in [0.29, 0.717) is 21.6 Å². The van der Waals surface area contributed by atoms with E-state index in [1.807, 2.05) is 42.5 Å². The molecule has 3 rings (SSSR count). The molecule has 1 heterocycles. The fourth-order valence-electron chi connectivity index (χ4n) is 2.86. The van der Waals surface area contributed by atoms with E-state index in [0.717, 1.165) is 16.0 Å². The van der Waals surface area contributed by atoms with Crippen LogP contribution in [-0.2, 0) is 16.0 Å². The summed E-state index contributed by atoms with van der Waals surface area (Å²) in [6.45, 7) is 1.43. The number of amides is 2. The molecule has 1 atom stereocenters. The fourth-order valence-corrected chi connectivity index (χ4v) is 4.10. The molecule has 0 spiro atoms. The zero-order valence-electron chi connectivity index (χ0n) is 15.6. The maximum atomic E-state index is 12.5. The van der Waals surface area contributed by atoms with Gasteiger partial charge in [0.2, 0.25) is 11.8 Å². The smallest absolute Gasteiger partial charge is 0.228 e. The third-order valence-corrected chi connectivity index (χ3v) is 5.94. The van der Waals surface area contributed by atoms with Crippen molar-refractivity contribution in [3.8, 4) is 0 Å². The van der Waals surface area contributed by atoms with Gasteiger partial charge in [-0.05, 0) is 17.2 Å². The molecule has 150 valence electrons. The summed E-state index contributed by atoms with van der Waals surface area (Å²) in [4.78, 5) is 29.3. The number of carbonyl (C=O) groups excluding carboxylic acids is 2. The van der Waals surface area contributed by atoms with Crippen molar-refractivity contribution >= 4 is 51.5 Å². The summed E-state index contributed by atoms with van der Waals surface area (Å²) in [6.07, 6.45) is 2.39. The number of anilines is 1. The second-order valence-corrected chi connectivity index (χ2v) is 8.34. The lowest BCUT2D eigenvalue weighted by Crippen LogP contribution is -2.29. The Morgan fingerprint density at radius 2 is 1.86 bits per heavy atom. The van der Waals surface area contributed by atoms with Crippen LogP contribution >= 0.6 is 34.5 Å². The second kappa shape index (κ2) is 9.87. The van der Waals surface area contributed by atoms with Crippen LogP contribution in [0.25, 0.3) is 0 Å². The summed E-state index contributed by atoms with van der Waals surface area (Å²) in [6, 6.07) is 14.5. The van der Waals surface area contributed by atoms with Crippen molar-refractivity contribution in [3.63, 3.8) is 0 Å². The van der Waals surface area contributed by atoms with E-state index >= 15 is 0 Å². The molecule has 1 aromatic heterocycles. The first-order chi connectivity index (χ1) is 13.9. The van der Waals surface area contributed by atoms with Crippen LogP contribution in [0.15, 0.2) is 54.7 Å². The van der Waals surface area contributed by atoms with Gasteiger partial charge in [-0.15, -0.1) is 11.3 Å². The highest BCUT2D eigenvalue weighted by molar-refractivity contribution is 7.15. The minimum atomic E-state index is -0.404. The van der Waals surface area contributed by atoms with Gasteiger partial charge in [-0.25, -0.2) is 4.98 Å². The van der Waals surface area contributed by atoms with Gasteiger partial charge in [-0.1, -0.05) is 65.7 Å². The average Bonchev–Trinajstić information content (AvgIpc) is 3.12. The standard InChI is InChI=1S/C21H19Cl2N3O2S/c1-13(27)25-18(14-6-3-2-4-7-14)11-19(28)26-21-24-12-16(29-21)10-15-8-5-9-17(22)20(15)23/h2-9,12,18H,10-11H2,1H3,(H,25,27)(H,24,26,28). The molecule has 8 heteroatoms. The van der Waals surface area contributed by atoms with Crippen molar-refractivity contribution in [3.05, 3.63) is 80.8 Å². The number of thiazole rings is 1. The van der Waals surface area contributed by atoms with Gasteiger partial charge >= 0.3 is 0 Å². The molecule has 0 bridgehead atoms. The van der Waals surface area contributed by atoms with E-state index < -0.39 is 6.04 Å². The van der Waals surface area contributed by atoms with Crippen molar-refractivity contribution in [2.45, 2.75) is 25.8 Å². The first-order valence-electron chi connectivity index (χ1n) is 8.92. The van der Waals surface area contributed by atoms with Crippen molar-refractivity contribution in [1.29, 1.82) is 0 Å². The van der Waals surface area contributed by atoms with Crippen LogP contribution in [0.1, 0.15) is 35.4 Å². The zero-order chi connectivity index (χ0) is 20.8. The molecular formula is C21H19Cl2N3O2S. The van der Waals surface area contributed by atoms with E-state index in [2.05, 4.69) is 15.6 Å². The molecule has 2 N–H and O–H groups in total. The van der Waals surface area contributed by atoms with Crippen LogP contribution in [0.2, 0.25) is 10.0 Å². The molecule has 2 aromatic carbocycles.